The van der Waals surface area contributed by atoms with E-state index in [0.29, 0.717) is 0 Å². The summed E-state index contributed by atoms with van der Waals surface area (Å²) in [5, 5.41) is 0. The number of benzene rings is 1. The molecule has 1 rings (SSSR count). The second-order valence-corrected chi connectivity index (χ2v) is 5.06. The highest BCUT2D eigenvalue weighted by Gasteiger charge is 2.23. The summed E-state index contributed by atoms with van der Waals surface area (Å²) in [6.07, 6.45) is 0. The maximum atomic E-state index is 11.6. The summed E-state index contributed by atoms with van der Waals surface area (Å²) in [6.45, 7) is 1.63. The van der Waals surface area contributed by atoms with Crippen molar-refractivity contribution in [3.05, 3.63) is 29.8 Å². The molecule has 0 spiro atoms. The fourth-order valence-corrected chi connectivity index (χ4v) is 1.92. The normalized spacial score (nSPS) is 13.1. The molecule has 1 atom stereocenters. The highest BCUT2D eigenvalue weighted by atomic mass is 32.2. The van der Waals surface area contributed by atoms with Crippen LogP contribution in [0.5, 0.6) is 0 Å². The third-order valence-corrected chi connectivity index (χ3v) is 3.29. The molecule has 1 aromatic carbocycles. The number of nitrogens with two attached hydrogens (primary N) is 2. The fraction of sp³-hybridized carbons (Fsp3) is 0.300. The Labute approximate surface area is 99.7 Å². The Hall–Kier alpha value is -1.44. The van der Waals surface area contributed by atoms with Gasteiger partial charge in [-0.3, -0.25) is 0 Å². The van der Waals surface area contributed by atoms with Crippen LogP contribution in [0, 0.1) is 6.92 Å². The minimum absolute atomic E-state index is 0.0966. The maximum Gasteiger partial charge on any atom is 0.341 e. The van der Waals surface area contributed by atoms with Crippen molar-refractivity contribution in [1.82, 2.24) is 0 Å². The minimum Gasteiger partial charge on any atom is -0.340 e. The van der Waals surface area contributed by atoms with Crippen LogP contribution in [0.3, 0.4) is 0 Å². The van der Waals surface area contributed by atoms with Crippen molar-refractivity contribution in [1.29, 1.82) is 0 Å². The first-order chi connectivity index (χ1) is 7.86. The van der Waals surface area contributed by atoms with E-state index in [9.17, 15) is 13.2 Å². The molecule has 0 amide bonds. The van der Waals surface area contributed by atoms with Crippen molar-refractivity contribution < 1.29 is 17.4 Å². The van der Waals surface area contributed by atoms with Gasteiger partial charge in [0.1, 0.15) is 10.9 Å². The number of aryl methyl sites for hydroxylation is 1. The molecule has 0 aromatic heterocycles. The minimum atomic E-state index is -4.12. The van der Waals surface area contributed by atoms with E-state index in [-0.39, 0.29) is 11.4 Å². The smallest absolute Gasteiger partial charge is 0.340 e. The molecule has 0 aliphatic carbocycles. The number of rotatable bonds is 4. The van der Waals surface area contributed by atoms with Gasteiger partial charge in [0, 0.05) is 6.54 Å². The van der Waals surface area contributed by atoms with Gasteiger partial charge in [-0.05, 0) is 19.1 Å². The summed E-state index contributed by atoms with van der Waals surface area (Å²) in [4.78, 5) is 11.1. The average Bonchev–Trinajstić information content (AvgIpc) is 2.27. The second-order valence-electron chi connectivity index (χ2n) is 3.51. The maximum absolute atomic E-state index is 11.6. The third-order valence-electron chi connectivity index (χ3n) is 2.06. The molecular weight excluding hydrogens is 244 g/mol. The second kappa shape index (κ2) is 5.26. The Balaban J connectivity index is 2.89. The van der Waals surface area contributed by atoms with E-state index in [2.05, 4.69) is 4.18 Å². The molecule has 0 bridgehead atoms. The van der Waals surface area contributed by atoms with Crippen molar-refractivity contribution >= 4 is 16.1 Å². The summed E-state index contributed by atoms with van der Waals surface area (Å²) in [6, 6.07) is 4.76. The Kier molecular flexibility index (Phi) is 4.22. The molecule has 94 valence electrons. The van der Waals surface area contributed by atoms with Gasteiger partial charge in [-0.15, -0.1) is 0 Å². The molecule has 1 unspecified atom stereocenters. The van der Waals surface area contributed by atoms with Crippen molar-refractivity contribution in [2.45, 2.75) is 17.9 Å². The van der Waals surface area contributed by atoms with Gasteiger partial charge in [-0.25, -0.2) is 4.79 Å². The lowest BCUT2D eigenvalue weighted by molar-refractivity contribution is -0.135. The van der Waals surface area contributed by atoms with Crippen LogP contribution in [-0.4, -0.2) is 27.0 Å². The predicted octanol–water partition coefficient (Wildman–Crippen LogP) is -0.487. The fourth-order valence-electron chi connectivity index (χ4n) is 1.02. The summed E-state index contributed by atoms with van der Waals surface area (Å²) >= 11 is 0. The number of carbonyl (C=O) groups is 1. The van der Waals surface area contributed by atoms with Crippen LogP contribution >= 0.6 is 0 Å². The van der Waals surface area contributed by atoms with Gasteiger partial charge in [-0.2, -0.15) is 8.42 Å². The molecule has 0 aliphatic rings. The highest BCUT2D eigenvalue weighted by Crippen LogP contribution is 2.13. The molecule has 0 fully saturated rings. The van der Waals surface area contributed by atoms with E-state index in [1.165, 1.54) is 12.1 Å². The Morgan fingerprint density at radius 2 is 1.88 bits per heavy atom. The van der Waals surface area contributed by atoms with Gasteiger partial charge in [0.05, 0.1) is 0 Å². The van der Waals surface area contributed by atoms with Crippen LogP contribution in [0.25, 0.3) is 0 Å². The van der Waals surface area contributed by atoms with Gasteiger partial charge in [0.25, 0.3) is 0 Å². The van der Waals surface area contributed by atoms with Gasteiger partial charge >= 0.3 is 16.1 Å². The lowest BCUT2D eigenvalue weighted by atomic mass is 10.2. The first-order valence-corrected chi connectivity index (χ1v) is 6.28. The Bertz CT molecular complexity index is 496. The zero-order valence-corrected chi connectivity index (χ0v) is 10.1. The van der Waals surface area contributed by atoms with E-state index >= 15 is 0 Å². The van der Waals surface area contributed by atoms with E-state index in [0.717, 1.165) is 5.56 Å². The number of carbonyl (C=O) groups excluding carboxylic acids is 1. The molecule has 0 aliphatic heterocycles. The van der Waals surface area contributed by atoms with Gasteiger partial charge < -0.3 is 15.7 Å². The van der Waals surface area contributed by atoms with Crippen LogP contribution in [0.4, 0.5) is 0 Å². The topological polar surface area (TPSA) is 112 Å². The van der Waals surface area contributed by atoms with Crippen LogP contribution in [-0.2, 0) is 19.1 Å². The van der Waals surface area contributed by atoms with E-state index in [4.69, 9.17) is 11.5 Å². The summed E-state index contributed by atoms with van der Waals surface area (Å²) in [7, 11) is -4.12. The van der Waals surface area contributed by atoms with E-state index < -0.39 is 22.1 Å². The monoisotopic (exact) mass is 258 g/mol. The van der Waals surface area contributed by atoms with Crippen molar-refractivity contribution in [3.63, 3.8) is 0 Å². The van der Waals surface area contributed by atoms with Crippen LogP contribution < -0.4 is 11.5 Å². The summed E-state index contributed by atoms with van der Waals surface area (Å²) in [5.74, 6) is -1.06. The van der Waals surface area contributed by atoms with Crippen molar-refractivity contribution in [2.24, 2.45) is 11.5 Å². The predicted molar refractivity (Wildman–Crippen MR) is 61.5 cm³/mol. The molecular formula is C10H14N2O4S. The summed E-state index contributed by atoms with van der Waals surface area (Å²) in [5.41, 5.74) is 11.3. The Morgan fingerprint density at radius 1 is 1.35 bits per heavy atom. The van der Waals surface area contributed by atoms with E-state index in [1.54, 1.807) is 12.1 Å². The molecule has 0 saturated carbocycles. The average molecular weight is 258 g/mol. The Morgan fingerprint density at radius 3 is 2.35 bits per heavy atom. The van der Waals surface area contributed by atoms with Crippen LogP contribution in [0.2, 0.25) is 0 Å². The molecule has 7 heteroatoms. The molecule has 0 radical (unpaired) electrons. The molecule has 0 heterocycles. The lowest BCUT2D eigenvalue weighted by Gasteiger charge is -2.09. The van der Waals surface area contributed by atoms with Crippen LogP contribution in [0.1, 0.15) is 5.56 Å². The lowest BCUT2D eigenvalue weighted by Crippen LogP contribution is -2.40. The number of hydrogen-bond acceptors (Lipinski definition) is 6. The first kappa shape index (κ1) is 13.6. The van der Waals surface area contributed by atoms with Crippen molar-refractivity contribution in [3.8, 4) is 0 Å². The number of hydrogen-bond donors (Lipinski definition) is 2. The third kappa shape index (κ3) is 3.52. The molecule has 1 aromatic rings. The van der Waals surface area contributed by atoms with Crippen molar-refractivity contribution in [2.75, 3.05) is 6.54 Å². The van der Waals surface area contributed by atoms with Gasteiger partial charge in [-0.1, -0.05) is 17.7 Å². The van der Waals surface area contributed by atoms with Gasteiger partial charge in [0.2, 0.25) is 0 Å². The quantitative estimate of drug-likeness (QED) is 0.705. The molecule has 6 nitrogen and oxygen atoms in total. The SMILES string of the molecule is Cc1ccc(S(=O)(=O)OC(=O)C(N)CN)cc1. The van der Waals surface area contributed by atoms with Gasteiger partial charge in [0.15, 0.2) is 0 Å². The van der Waals surface area contributed by atoms with E-state index in [1.807, 2.05) is 6.92 Å². The molecule has 4 N–H and O–H groups in total. The molecule has 17 heavy (non-hydrogen) atoms. The summed E-state index contributed by atoms with van der Waals surface area (Å²) < 4.78 is 27.6. The molecule has 0 saturated heterocycles. The van der Waals surface area contributed by atoms with Crippen LogP contribution in [0.15, 0.2) is 29.2 Å². The highest BCUT2D eigenvalue weighted by molar-refractivity contribution is 7.87. The zero-order chi connectivity index (χ0) is 13.1. The standard InChI is InChI=1S/C10H14N2O4S/c1-7-2-4-8(5-3-7)17(14,15)16-10(13)9(12)6-11/h2-5,9H,6,11-12H2,1H3. The first-order valence-electron chi connectivity index (χ1n) is 4.87. The zero-order valence-electron chi connectivity index (χ0n) is 9.29. The largest absolute Gasteiger partial charge is 0.341 e.